The average Bonchev–Trinajstić information content (AvgIpc) is 2.82. The van der Waals surface area contributed by atoms with Crippen molar-refractivity contribution in [2.75, 3.05) is 13.7 Å². The molecular formula is C30H35NO5. The van der Waals surface area contributed by atoms with Crippen LogP contribution in [0.5, 0.6) is 11.5 Å². The number of Topliss-reactive ketones (excluding diaryl/α,β-unsaturated/α-hetero) is 1. The molecule has 6 heteroatoms. The normalized spacial score (nSPS) is 17.5. The third-order valence-electron chi connectivity index (χ3n) is 7.00. The molecule has 2 aliphatic rings. The Labute approximate surface area is 213 Å². The zero-order chi connectivity index (χ0) is 26.0. The number of ketones is 1. The molecule has 2 aromatic carbocycles. The monoisotopic (exact) mass is 489 g/mol. The summed E-state index contributed by atoms with van der Waals surface area (Å²) in [5.74, 6) is 0.296. The second-order valence-electron chi connectivity index (χ2n) is 9.56. The highest BCUT2D eigenvalue weighted by molar-refractivity contribution is 6.03. The topological polar surface area (TPSA) is 73.9 Å². The van der Waals surface area contributed by atoms with Gasteiger partial charge in [-0.25, -0.2) is 4.79 Å². The first-order valence-electron chi connectivity index (χ1n) is 12.5. The number of carbonyl (C=O) groups excluding carboxylic acids is 2. The van der Waals surface area contributed by atoms with E-state index in [0.717, 1.165) is 35.4 Å². The van der Waals surface area contributed by atoms with Crippen LogP contribution in [-0.2, 0) is 20.9 Å². The van der Waals surface area contributed by atoms with Crippen molar-refractivity contribution < 1.29 is 23.8 Å². The number of methoxy groups -OCH3 is 1. The summed E-state index contributed by atoms with van der Waals surface area (Å²) in [5.41, 5.74) is 8.28. The Hall–Kier alpha value is -3.54. The smallest absolute Gasteiger partial charge is 0.336 e. The highest BCUT2D eigenvalue weighted by Crippen LogP contribution is 2.44. The van der Waals surface area contributed by atoms with Crippen molar-refractivity contribution in [3.63, 3.8) is 0 Å². The molecule has 0 fully saturated rings. The number of hydrogen-bond acceptors (Lipinski definition) is 6. The van der Waals surface area contributed by atoms with Crippen molar-refractivity contribution in [3.05, 3.63) is 80.7 Å². The Kier molecular flexibility index (Phi) is 7.53. The van der Waals surface area contributed by atoms with E-state index in [1.807, 2.05) is 25.1 Å². The lowest BCUT2D eigenvalue weighted by Gasteiger charge is -2.34. The van der Waals surface area contributed by atoms with Gasteiger partial charge >= 0.3 is 5.97 Å². The SMILES string of the molecule is CCOC(=O)C1=C(C)NC2=C(C(=O)CCC2)C1c1ccc(OCc2c(C)cc(C)cc2C)c(OC)c1. The molecule has 6 nitrogen and oxygen atoms in total. The van der Waals surface area contributed by atoms with Gasteiger partial charge in [-0.05, 0) is 81.8 Å². The van der Waals surface area contributed by atoms with E-state index in [1.165, 1.54) is 16.7 Å². The first-order valence-corrected chi connectivity index (χ1v) is 12.5. The van der Waals surface area contributed by atoms with E-state index in [0.29, 0.717) is 35.7 Å². The lowest BCUT2D eigenvalue weighted by atomic mass is 9.75. The van der Waals surface area contributed by atoms with Crippen molar-refractivity contribution in [2.45, 2.75) is 66.4 Å². The number of nitrogens with one attached hydrogen (secondary N) is 1. The number of dihydropyridines is 1. The largest absolute Gasteiger partial charge is 0.493 e. The van der Waals surface area contributed by atoms with E-state index in [-0.39, 0.29) is 12.4 Å². The van der Waals surface area contributed by atoms with E-state index < -0.39 is 11.9 Å². The lowest BCUT2D eigenvalue weighted by Crippen LogP contribution is -2.34. The van der Waals surface area contributed by atoms with Crippen molar-refractivity contribution in [1.82, 2.24) is 5.32 Å². The number of esters is 1. The van der Waals surface area contributed by atoms with Crippen LogP contribution in [0.1, 0.15) is 66.8 Å². The Morgan fingerprint density at radius 1 is 1.03 bits per heavy atom. The predicted octanol–water partition coefficient (Wildman–Crippen LogP) is 5.73. The highest BCUT2D eigenvalue weighted by Gasteiger charge is 2.39. The van der Waals surface area contributed by atoms with Crippen LogP contribution < -0.4 is 14.8 Å². The summed E-state index contributed by atoms with van der Waals surface area (Å²) < 4.78 is 17.3. The molecular weight excluding hydrogens is 454 g/mol. The van der Waals surface area contributed by atoms with E-state index in [1.54, 1.807) is 14.0 Å². The molecule has 4 rings (SSSR count). The van der Waals surface area contributed by atoms with Gasteiger partial charge in [-0.2, -0.15) is 0 Å². The van der Waals surface area contributed by atoms with Gasteiger partial charge in [0.05, 0.1) is 19.3 Å². The molecule has 1 unspecified atom stereocenters. The van der Waals surface area contributed by atoms with Crippen LogP contribution in [0.3, 0.4) is 0 Å². The standard InChI is InChI=1S/C30H35NO5/c1-7-35-30(33)27-20(5)31-23-9-8-10-24(32)29(23)28(27)21-11-12-25(26(15-21)34-6)36-16-22-18(3)13-17(2)14-19(22)4/h11-15,28,31H,7-10,16H2,1-6H3. The quantitative estimate of drug-likeness (QED) is 0.501. The molecule has 36 heavy (non-hydrogen) atoms. The zero-order valence-electron chi connectivity index (χ0n) is 22.0. The van der Waals surface area contributed by atoms with Crippen molar-refractivity contribution in [3.8, 4) is 11.5 Å². The summed E-state index contributed by atoms with van der Waals surface area (Å²) in [4.78, 5) is 26.1. The van der Waals surface area contributed by atoms with Crippen LogP contribution in [0, 0.1) is 20.8 Å². The molecule has 0 spiro atoms. The molecule has 1 N–H and O–H groups in total. The van der Waals surface area contributed by atoms with Gasteiger partial charge in [-0.1, -0.05) is 23.8 Å². The number of rotatable bonds is 7. The third-order valence-corrected chi connectivity index (χ3v) is 7.00. The summed E-state index contributed by atoms with van der Waals surface area (Å²) in [6, 6.07) is 9.96. The molecule has 0 saturated carbocycles. The molecule has 1 heterocycles. The number of carbonyl (C=O) groups is 2. The second kappa shape index (κ2) is 10.6. The second-order valence-corrected chi connectivity index (χ2v) is 9.56. The van der Waals surface area contributed by atoms with Gasteiger partial charge in [-0.15, -0.1) is 0 Å². The summed E-state index contributed by atoms with van der Waals surface area (Å²) in [7, 11) is 1.60. The van der Waals surface area contributed by atoms with Crippen LogP contribution in [0.4, 0.5) is 0 Å². The van der Waals surface area contributed by atoms with Crippen molar-refractivity contribution in [2.24, 2.45) is 0 Å². The number of hydrogen-bond donors (Lipinski definition) is 1. The maximum absolute atomic E-state index is 13.1. The molecule has 1 atom stereocenters. The van der Waals surface area contributed by atoms with Crippen LogP contribution in [0.15, 0.2) is 52.9 Å². The summed E-state index contributed by atoms with van der Waals surface area (Å²) in [6.45, 7) is 10.6. The van der Waals surface area contributed by atoms with Gasteiger partial charge in [0.15, 0.2) is 17.3 Å². The number of allylic oxidation sites excluding steroid dienone is 3. The summed E-state index contributed by atoms with van der Waals surface area (Å²) in [5, 5.41) is 3.31. The molecule has 0 radical (unpaired) electrons. The van der Waals surface area contributed by atoms with Gasteiger partial charge in [0.1, 0.15) is 6.61 Å². The van der Waals surface area contributed by atoms with Gasteiger partial charge in [0.2, 0.25) is 0 Å². The molecule has 0 bridgehead atoms. The highest BCUT2D eigenvalue weighted by atomic mass is 16.5. The first kappa shape index (κ1) is 25.5. The molecule has 190 valence electrons. The van der Waals surface area contributed by atoms with E-state index in [2.05, 4.69) is 38.2 Å². The van der Waals surface area contributed by atoms with E-state index in [9.17, 15) is 9.59 Å². The van der Waals surface area contributed by atoms with Gasteiger partial charge in [-0.3, -0.25) is 4.79 Å². The van der Waals surface area contributed by atoms with Crippen LogP contribution in [0.2, 0.25) is 0 Å². The fourth-order valence-electron chi connectivity index (χ4n) is 5.37. The maximum atomic E-state index is 13.1. The number of benzene rings is 2. The van der Waals surface area contributed by atoms with Gasteiger partial charge < -0.3 is 19.5 Å². The minimum atomic E-state index is -0.516. The molecule has 0 amide bonds. The summed E-state index contributed by atoms with van der Waals surface area (Å²) >= 11 is 0. The Morgan fingerprint density at radius 2 is 1.75 bits per heavy atom. The van der Waals surface area contributed by atoms with Crippen LogP contribution in [-0.4, -0.2) is 25.5 Å². The van der Waals surface area contributed by atoms with E-state index >= 15 is 0 Å². The van der Waals surface area contributed by atoms with Crippen LogP contribution in [0.25, 0.3) is 0 Å². The number of aryl methyl sites for hydroxylation is 3. The predicted molar refractivity (Wildman–Crippen MR) is 139 cm³/mol. The first-order chi connectivity index (χ1) is 17.2. The fraction of sp³-hybridized carbons (Fsp3) is 0.400. The van der Waals surface area contributed by atoms with Gasteiger partial charge in [0, 0.05) is 29.3 Å². The minimum absolute atomic E-state index is 0.0627. The van der Waals surface area contributed by atoms with Crippen molar-refractivity contribution in [1.29, 1.82) is 0 Å². The van der Waals surface area contributed by atoms with Crippen LogP contribution >= 0.6 is 0 Å². The van der Waals surface area contributed by atoms with Gasteiger partial charge in [0.25, 0.3) is 0 Å². The molecule has 1 aliphatic heterocycles. The molecule has 2 aromatic rings. The Balaban J connectivity index is 1.72. The molecule has 0 saturated heterocycles. The fourth-order valence-corrected chi connectivity index (χ4v) is 5.37. The minimum Gasteiger partial charge on any atom is -0.493 e. The molecule has 1 aliphatic carbocycles. The van der Waals surface area contributed by atoms with E-state index in [4.69, 9.17) is 14.2 Å². The maximum Gasteiger partial charge on any atom is 0.336 e. The average molecular weight is 490 g/mol. The Bertz CT molecular complexity index is 1250. The number of ether oxygens (including phenoxy) is 3. The third kappa shape index (κ3) is 4.90. The molecule has 0 aromatic heterocycles. The van der Waals surface area contributed by atoms with Crippen molar-refractivity contribution >= 4 is 11.8 Å². The zero-order valence-corrected chi connectivity index (χ0v) is 22.0. The summed E-state index contributed by atoms with van der Waals surface area (Å²) in [6.07, 6.45) is 2.05. The lowest BCUT2D eigenvalue weighted by molar-refractivity contribution is -0.138. The Morgan fingerprint density at radius 3 is 2.42 bits per heavy atom.